The molecule has 0 saturated heterocycles. The summed E-state index contributed by atoms with van der Waals surface area (Å²) in [5.41, 5.74) is 2.56. The molecule has 34 heavy (non-hydrogen) atoms. The number of carboxylic acids is 1. The van der Waals surface area contributed by atoms with Crippen LogP contribution in [0.25, 0.3) is 27.8 Å². The number of hydrogen-bond donors (Lipinski definition) is 2. The van der Waals surface area contributed by atoms with Crippen molar-refractivity contribution in [2.45, 2.75) is 17.7 Å². The third-order valence-electron chi connectivity index (χ3n) is 5.37. The molecule has 0 aliphatic carbocycles. The van der Waals surface area contributed by atoms with Gasteiger partial charge in [0.1, 0.15) is 28.4 Å². The second kappa shape index (κ2) is 8.60. The van der Waals surface area contributed by atoms with E-state index in [4.69, 9.17) is 9.72 Å². The molecule has 0 fully saturated rings. The predicted molar refractivity (Wildman–Crippen MR) is 127 cm³/mol. The summed E-state index contributed by atoms with van der Waals surface area (Å²) in [5, 5.41) is 10.6. The molecule has 0 saturated carbocycles. The molecule has 0 spiro atoms. The van der Waals surface area contributed by atoms with Crippen molar-refractivity contribution >= 4 is 39.8 Å². The number of rotatable bonds is 6. The maximum atomic E-state index is 13.8. The van der Waals surface area contributed by atoms with Crippen molar-refractivity contribution < 1.29 is 14.6 Å². The molecule has 5 aromatic rings. The normalized spacial score (nSPS) is 11.2. The highest BCUT2D eigenvalue weighted by molar-refractivity contribution is 7.98. The Balaban J connectivity index is 1.73. The van der Waals surface area contributed by atoms with Gasteiger partial charge in [0.2, 0.25) is 0 Å². The lowest BCUT2D eigenvalue weighted by Crippen LogP contribution is -2.25. The van der Waals surface area contributed by atoms with Crippen molar-refractivity contribution in [3.05, 3.63) is 76.4 Å². The zero-order chi connectivity index (χ0) is 23.8. The quantitative estimate of drug-likeness (QED) is 0.280. The summed E-state index contributed by atoms with van der Waals surface area (Å²) in [5.74, 6) is -0.0724. The summed E-state index contributed by atoms with van der Waals surface area (Å²) in [7, 11) is 1.47. The second-order valence-corrected chi connectivity index (χ2v) is 8.36. The second-order valence-electron chi connectivity index (χ2n) is 7.40. The van der Waals surface area contributed by atoms with Gasteiger partial charge in [-0.15, -0.1) is 0 Å². The Morgan fingerprint density at radius 2 is 2.06 bits per heavy atom. The lowest BCUT2D eigenvalue weighted by molar-refractivity contribution is 0.0697. The van der Waals surface area contributed by atoms with Crippen molar-refractivity contribution in [3.8, 4) is 11.4 Å². The maximum Gasteiger partial charge on any atom is 0.335 e. The Kier molecular flexibility index (Phi) is 5.46. The number of nitrogens with one attached hydrogen (secondary N) is 1. The Bertz CT molecular complexity index is 1630. The van der Waals surface area contributed by atoms with Crippen LogP contribution in [0.2, 0.25) is 0 Å². The smallest absolute Gasteiger partial charge is 0.335 e. The number of hydrogen-bond acceptors (Lipinski definition) is 8. The Hall–Kier alpha value is -4.25. The molecule has 3 heterocycles. The van der Waals surface area contributed by atoms with E-state index in [1.54, 1.807) is 12.4 Å². The van der Waals surface area contributed by atoms with Gasteiger partial charge in [0.25, 0.3) is 5.56 Å². The number of H-pyrrole nitrogens is 1. The Morgan fingerprint density at radius 1 is 1.21 bits per heavy atom. The number of thioether (sulfide) groups is 1. The van der Waals surface area contributed by atoms with Crippen LogP contribution in [0.15, 0.2) is 58.9 Å². The van der Waals surface area contributed by atoms with Crippen LogP contribution in [0, 0.1) is 6.92 Å². The molecule has 0 aliphatic rings. The van der Waals surface area contributed by atoms with Crippen molar-refractivity contribution in [2.75, 3.05) is 7.11 Å². The summed E-state index contributed by atoms with van der Waals surface area (Å²) in [6, 6.07) is 9.84. The molecule has 0 atom stereocenters. The monoisotopic (exact) mass is 474 g/mol. The van der Waals surface area contributed by atoms with Gasteiger partial charge < -0.3 is 14.8 Å². The SMILES string of the molecule is COc1ccc(C(=O)O)cc1-n1c(CSc2ncnc3nc[nH]c23)nc2cccc(C)c2c1=O. The van der Waals surface area contributed by atoms with Crippen LogP contribution in [0.1, 0.15) is 21.7 Å². The van der Waals surface area contributed by atoms with Crippen molar-refractivity contribution in [1.29, 1.82) is 0 Å². The van der Waals surface area contributed by atoms with Crippen LogP contribution in [0.4, 0.5) is 0 Å². The maximum absolute atomic E-state index is 13.8. The van der Waals surface area contributed by atoms with Crippen LogP contribution >= 0.6 is 11.8 Å². The number of nitrogens with zero attached hydrogens (tertiary/aromatic N) is 5. The van der Waals surface area contributed by atoms with E-state index in [1.165, 1.54) is 48.0 Å². The molecule has 2 N–H and O–H groups in total. The van der Waals surface area contributed by atoms with Gasteiger partial charge in [-0.05, 0) is 36.8 Å². The zero-order valence-electron chi connectivity index (χ0n) is 18.1. The van der Waals surface area contributed by atoms with E-state index >= 15 is 0 Å². The number of aromatic nitrogens is 6. The molecule has 2 aromatic carbocycles. The highest BCUT2D eigenvalue weighted by Gasteiger charge is 2.20. The van der Waals surface area contributed by atoms with Crippen LogP contribution in [0.3, 0.4) is 0 Å². The molecule has 0 amide bonds. The van der Waals surface area contributed by atoms with Gasteiger partial charge in [0.05, 0.1) is 41.3 Å². The number of aromatic amines is 1. The fraction of sp³-hybridized carbons (Fsp3) is 0.130. The number of fused-ring (bicyclic) bond motifs is 2. The lowest BCUT2D eigenvalue weighted by atomic mass is 10.1. The fourth-order valence-corrected chi connectivity index (χ4v) is 4.65. The molecule has 3 aromatic heterocycles. The number of ether oxygens (including phenoxy) is 1. The standard InChI is InChI=1S/C23H18N6O4S/c1-12-4-3-5-14-18(12)22(30)29(15-8-13(23(31)32)6-7-16(15)33-2)17(28-14)9-34-21-19-20(25-10-24-19)26-11-27-21/h3-8,10-11H,9H2,1-2H3,(H,31,32)(H,24,25,26,27). The molecule has 0 aliphatic heterocycles. The number of aryl methyl sites for hydroxylation is 1. The molecule has 170 valence electrons. The largest absolute Gasteiger partial charge is 0.495 e. The van der Waals surface area contributed by atoms with Gasteiger partial charge in [-0.3, -0.25) is 9.36 Å². The molecular formula is C23H18N6O4S. The van der Waals surface area contributed by atoms with E-state index in [0.717, 1.165) is 5.56 Å². The topological polar surface area (TPSA) is 136 Å². The van der Waals surface area contributed by atoms with E-state index in [1.807, 2.05) is 19.1 Å². The average Bonchev–Trinajstić information content (AvgIpc) is 3.32. The third-order valence-corrected chi connectivity index (χ3v) is 6.35. The van der Waals surface area contributed by atoms with Crippen molar-refractivity contribution in [3.63, 3.8) is 0 Å². The Morgan fingerprint density at radius 3 is 2.85 bits per heavy atom. The molecule has 0 radical (unpaired) electrons. The van der Waals surface area contributed by atoms with Crippen molar-refractivity contribution in [1.82, 2.24) is 29.5 Å². The zero-order valence-corrected chi connectivity index (χ0v) is 19.0. The van der Waals surface area contributed by atoms with Crippen molar-refractivity contribution in [2.24, 2.45) is 0 Å². The summed E-state index contributed by atoms with van der Waals surface area (Å²) >= 11 is 1.36. The number of aromatic carboxylic acids is 1. The molecule has 0 unspecified atom stereocenters. The first-order valence-electron chi connectivity index (χ1n) is 10.2. The van der Waals surface area contributed by atoms with Gasteiger partial charge in [-0.25, -0.2) is 24.7 Å². The molecular weight excluding hydrogens is 456 g/mol. The van der Waals surface area contributed by atoms with Gasteiger partial charge in [-0.2, -0.15) is 0 Å². The predicted octanol–water partition coefficient (Wildman–Crippen LogP) is 3.36. The minimum Gasteiger partial charge on any atom is -0.495 e. The van der Waals surface area contributed by atoms with Crippen LogP contribution in [-0.4, -0.2) is 47.7 Å². The number of carbonyl (C=O) groups is 1. The third kappa shape index (κ3) is 3.65. The molecule has 10 nitrogen and oxygen atoms in total. The van der Waals surface area contributed by atoms with Crippen LogP contribution in [0.5, 0.6) is 5.75 Å². The van der Waals surface area contributed by atoms with Crippen LogP contribution < -0.4 is 10.3 Å². The molecule has 0 bridgehead atoms. The van der Waals surface area contributed by atoms with E-state index < -0.39 is 5.97 Å². The number of imidazole rings is 1. The van der Waals surface area contributed by atoms with Gasteiger partial charge in [-0.1, -0.05) is 23.9 Å². The summed E-state index contributed by atoms with van der Waals surface area (Å²) in [4.78, 5) is 45.8. The average molecular weight is 475 g/mol. The molecule has 5 rings (SSSR count). The number of methoxy groups -OCH3 is 1. The fourth-order valence-electron chi connectivity index (χ4n) is 3.77. The summed E-state index contributed by atoms with van der Waals surface area (Å²) in [6.45, 7) is 1.84. The first-order chi connectivity index (χ1) is 16.5. The van der Waals surface area contributed by atoms with Gasteiger partial charge in [0, 0.05) is 0 Å². The first kappa shape index (κ1) is 21.6. The minimum atomic E-state index is -1.11. The Labute approximate surface area is 196 Å². The van der Waals surface area contributed by atoms with E-state index in [0.29, 0.717) is 44.4 Å². The van der Waals surface area contributed by atoms with E-state index in [9.17, 15) is 14.7 Å². The van der Waals surface area contributed by atoms with Gasteiger partial charge in [0.15, 0.2) is 5.65 Å². The van der Waals surface area contributed by atoms with E-state index in [2.05, 4.69) is 19.9 Å². The summed E-state index contributed by atoms with van der Waals surface area (Å²) < 4.78 is 6.89. The van der Waals surface area contributed by atoms with E-state index in [-0.39, 0.29) is 16.9 Å². The highest BCUT2D eigenvalue weighted by atomic mass is 32.2. The van der Waals surface area contributed by atoms with Gasteiger partial charge >= 0.3 is 5.97 Å². The number of carboxylic acid groups (broad SMARTS) is 1. The van der Waals surface area contributed by atoms with Crippen LogP contribution in [-0.2, 0) is 5.75 Å². The minimum absolute atomic E-state index is 0.0288. The number of benzene rings is 2. The first-order valence-corrected chi connectivity index (χ1v) is 11.2. The summed E-state index contributed by atoms with van der Waals surface area (Å²) in [6.07, 6.45) is 2.97. The molecule has 11 heteroatoms. The highest BCUT2D eigenvalue weighted by Crippen LogP contribution is 2.29. The lowest BCUT2D eigenvalue weighted by Gasteiger charge is -2.17.